The predicted octanol–water partition coefficient (Wildman–Crippen LogP) is 0.654. The van der Waals surface area contributed by atoms with Crippen LogP contribution >= 0.6 is 0 Å². The van der Waals surface area contributed by atoms with Gasteiger partial charge in [-0.25, -0.2) is 13.4 Å². The quantitative estimate of drug-likeness (QED) is 0.800. The van der Waals surface area contributed by atoms with E-state index in [1.807, 2.05) is 7.05 Å². The lowest BCUT2D eigenvalue weighted by Gasteiger charge is -2.23. The highest BCUT2D eigenvalue weighted by Gasteiger charge is 2.34. The molecule has 2 heterocycles. The molecule has 0 aliphatic carbocycles. The average molecular weight is 314 g/mol. The maximum atomic E-state index is 11.7. The van der Waals surface area contributed by atoms with Crippen molar-refractivity contribution >= 4 is 9.84 Å². The summed E-state index contributed by atoms with van der Waals surface area (Å²) < 4.78 is 25.3. The highest BCUT2D eigenvalue weighted by Crippen LogP contribution is 2.28. The molecular formula is C14H26N4O2S. The second-order valence-electron chi connectivity index (χ2n) is 6.48. The van der Waals surface area contributed by atoms with Crippen LogP contribution in [0.2, 0.25) is 0 Å². The zero-order chi connectivity index (χ0) is 15.5. The van der Waals surface area contributed by atoms with Crippen LogP contribution < -0.4 is 5.32 Å². The average Bonchev–Trinajstić information content (AvgIpc) is 2.94. The van der Waals surface area contributed by atoms with Crippen molar-refractivity contribution in [2.45, 2.75) is 26.7 Å². The molecule has 7 heteroatoms. The molecule has 1 aromatic heterocycles. The van der Waals surface area contributed by atoms with Gasteiger partial charge in [-0.3, -0.25) is 4.68 Å². The second kappa shape index (κ2) is 6.87. The molecule has 2 unspecified atom stereocenters. The highest BCUT2D eigenvalue weighted by molar-refractivity contribution is 7.91. The van der Waals surface area contributed by atoms with Crippen LogP contribution in [-0.2, 0) is 23.3 Å². The Morgan fingerprint density at radius 2 is 2.19 bits per heavy atom. The second-order valence-corrected chi connectivity index (χ2v) is 8.71. The molecule has 2 rings (SSSR count). The third kappa shape index (κ3) is 4.78. The van der Waals surface area contributed by atoms with Crippen LogP contribution in [0.3, 0.4) is 0 Å². The smallest absolute Gasteiger partial charge is 0.150 e. The molecule has 1 aliphatic heterocycles. The maximum Gasteiger partial charge on any atom is 0.150 e. The van der Waals surface area contributed by atoms with Gasteiger partial charge in [-0.2, -0.15) is 5.10 Å². The standard InChI is InChI=1S/C14H26N4O2S/c1-11(2)7-15-8-13(6-14-16-10-17-18(14)3)12-4-5-21(19,20)9-12/h10-13,15H,4-9H2,1-3H3. The van der Waals surface area contributed by atoms with Crippen LogP contribution in [0, 0.1) is 17.8 Å². The minimum Gasteiger partial charge on any atom is -0.316 e. The van der Waals surface area contributed by atoms with Gasteiger partial charge in [0.25, 0.3) is 0 Å². The Balaban J connectivity index is 2.01. The Bertz CT molecular complexity index is 553. The third-order valence-corrected chi connectivity index (χ3v) is 5.94. The summed E-state index contributed by atoms with van der Waals surface area (Å²) in [6, 6.07) is 0. The van der Waals surface area contributed by atoms with E-state index in [-0.39, 0.29) is 5.92 Å². The van der Waals surface area contributed by atoms with Crippen molar-refractivity contribution < 1.29 is 8.42 Å². The first-order chi connectivity index (χ1) is 9.87. The van der Waals surface area contributed by atoms with Crippen LogP contribution in [-0.4, -0.2) is 47.8 Å². The van der Waals surface area contributed by atoms with E-state index < -0.39 is 9.84 Å². The summed E-state index contributed by atoms with van der Waals surface area (Å²) in [5.41, 5.74) is 0. The molecule has 0 amide bonds. The van der Waals surface area contributed by atoms with Gasteiger partial charge in [0, 0.05) is 13.5 Å². The molecule has 1 aliphatic rings. The van der Waals surface area contributed by atoms with Gasteiger partial charge in [-0.15, -0.1) is 0 Å². The molecule has 0 bridgehead atoms. The van der Waals surface area contributed by atoms with Crippen molar-refractivity contribution in [3.05, 3.63) is 12.2 Å². The van der Waals surface area contributed by atoms with Crippen molar-refractivity contribution in [1.82, 2.24) is 20.1 Å². The Labute approximate surface area is 127 Å². The van der Waals surface area contributed by atoms with Crippen molar-refractivity contribution in [3.8, 4) is 0 Å². The van der Waals surface area contributed by atoms with Gasteiger partial charge in [0.15, 0.2) is 9.84 Å². The monoisotopic (exact) mass is 314 g/mol. The first-order valence-corrected chi connectivity index (χ1v) is 9.43. The molecule has 0 spiro atoms. The topological polar surface area (TPSA) is 76.9 Å². The minimum atomic E-state index is -2.84. The van der Waals surface area contributed by atoms with E-state index in [0.29, 0.717) is 23.3 Å². The Kier molecular flexibility index (Phi) is 5.37. The number of aromatic nitrogens is 3. The zero-order valence-electron chi connectivity index (χ0n) is 13.1. The largest absolute Gasteiger partial charge is 0.316 e. The number of hydrogen-bond donors (Lipinski definition) is 1. The van der Waals surface area contributed by atoms with Crippen LogP contribution in [0.4, 0.5) is 0 Å². The van der Waals surface area contributed by atoms with E-state index in [4.69, 9.17) is 0 Å². The normalized spacial score (nSPS) is 22.8. The molecule has 0 saturated carbocycles. The van der Waals surface area contributed by atoms with E-state index in [9.17, 15) is 8.42 Å². The highest BCUT2D eigenvalue weighted by atomic mass is 32.2. The third-order valence-electron chi connectivity index (χ3n) is 4.14. The fourth-order valence-electron chi connectivity index (χ4n) is 2.90. The summed E-state index contributed by atoms with van der Waals surface area (Å²) in [6.07, 6.45) is 3.11. The lowest BCUT2D eigenvalue weighted by Crippen LogP contribution is -2.33. The summed E-state index contributed by atoms with van der Waals surface area (Å²) in [7, 11) is -0.960. The molecule has 1 saturated heterocycles. The van der Waals surface area contributed by atoms with Crippen LogP contribution in [0.25, 0.3) is 0 Å². The minimum absolute atomic E-state index is 0.228. The molecule has 21 heavy (non-hydrogen) atoms. The first kappa shape index (κ1) is 16.4. The molecule has 120 valence electrons. The summed E-state index contributed by atoms with van der Waals surface area (Å²) >= 11 is 0. The van der Waals surface area contributed by atoms with Gasteiger partial charge in [0.05, 0.1) is 11.5 Å². The number of hydrogen-bond acceptors (Lipinski definition) is 5. The van der Waals surface area contributed by atoms with E-state index >= 15 is 0 Å². The predicted molar refractivity (Wildman–Crippen MR) is 82.7 cm³/mol. The fraction of sp³-hybridized carbons (Fsp3) is 0.857. The van der Waals surface area contributed by atoms with Crippen molar-refractivity contribution in [2.75, 3.05) is 24.6 Å². The Hall–Kier alpha value is -0.950. The van der Waals surface area contributed by atoms with Crippen molar-refractivity contribution in [2.24, 2.45) is 24.8 Å². The molecule has 1 N–H and O–H groups in total. The molecule has 0 aromatic carbocycles. The first-order valence-electron chi connectivity index (χ1n) is 7.61. The number of aryl methyl sites for hydroxylation is 1. The number of nitrogens with zero attached hydrogens (tertiary/aromatic N) is 3. The summed E-state index contributed by atoms with van der Waals surface area (Å²) in [6.45, 7) is 6.13. The van der Waals surface area contributed by atoms with Crippen LogP contribution in [0.5, 0.6) is 0 Å². The fourth-order valence-corrected chi connectivity index (χ4v) is 4.82. The van der Waals surface area contributed by atoms with Gasteiger partial charge in [-0.05, 0) is 37.3 Å². The van der Waals surface area contributed by atoms with Gasteiger partial charge < -0.3 is 5.32 Å². The van der Waals surface area contributed by atoms with Gasteiger partial charge in [0.2, 0.25) is 0 Å². The summed E-state index contributed by atoms with van der Waals surface area (Å²) in [4.78, 5) is 4.28. The molecule has 0 radical (unpaired) electrons. The molecule has 1 fully saturated rings. The summed E-state index contributed by atoms with van der Waals surface area (Å²) in [5, 5.41) is 7.57. The van der Waals surface area contributed by atoms with Crippen LogP contribution in [0.15, 0.2) is 6.33 Å². The number of nitrogens with one attached hydrogen (secondary N) is 1. The maximum absolute atomic E-state index is 11.7. The van der Waals surface area contributed by atoms with Gasteiger partial charge in [0.1, 0.15) is 12.2 Å². The van der Waals surface area contributed by atoms with E-state index in [2.05, 4.69) is 29.2 Å². The molecule has 2 atom stereocenters. The number of sulfone groups is 1. The van der Waals surface area contributed by atoms with Crippen molar-refractivity contribution in [1.29, 1.82) is 0 Å². The van der Waals surface area contributed by atoms with E-state index in [1.54, 1.807) is 11.0 Å². The van der Waals surface area contributed by atoms with Gasteiger partial charge in [-0.1, -0.05) is 13.8 Å². The van der Waals surface area contributed by atoms with Crippen molar-refractivity contribution in [3.63, 3.8) is 0 Å². The lowest BCUT2D eigenvalue weighted by atomic mass is 9.88. The summed E-state index contributed by atoms with van der Waals surface area (Å²) in [5.74, 6) is 2.69. The van der Waals surface area contributed by atoms with E-state index in [0.717, 1.165) is 31.8 Å². The zero-order valence-corrected chi connectivity index (χ0v) is 13.9. The lowest BCUT2D eigenvalue weighted by molar-refractivity contribution is 0.328. The number of rotatable bonds is 7. The van der Waals surface area contributed by atoms with Gasteiger partial charge >= 0.3 is 0 Å². The van der Waals surface area contributed by atoms with Crippen LogP contribution in [0.1, 0.15) is 26.1 Å². The molecule has 6 nitrogen and oxygen atoms in total. The SMILES string of the molecule is CC(C)CNCC(Cc1ncnn1C)C1CCS(=O)(=O)C1. The molecular weight excluding hydrogens is 288 g/mol. The molecule has 1 aromatic rings. The Morgan fingerprint density at radius 1 is 1.43 bits per heavy atom. The van der Waals surface area contributed by atoms with E-state index in [1.165, 1.54) is 0 Å². The Morgan fingerprint density at radius 3 is 2.71 bits per heavy atom.